The van der Waals surface area contributed by atoms with Crippen LogP contribution in [0.2, 0.25) is 0 Å². The number of anilines is 2. The SMILES string of the molecule is Nc1cc(-c2cc(O)c(N)cc2C(F)(F)F)ccc1O. The summed E-state index contributed by atoms with van der Waals surface area (Å²) in [6.07, 6.45) is -4.64. The highest BCUT2D eigenvalue weighted by atomic mass is 19.4. The van der Waals surface area contributed by atoms with E-state index in [1.54, 1.807) is 0 Å². The second-order valence-electron chi connectivity index (χ2n) is 4.23. The van der Waals surface area contributed by atoms with Crippen LogP contribution in [-0.4, -0.2) is 10.2 Å². The van der Waals surface area contributed by atoms with E-state index in [1.165, 1.54) is 18.2 Å². The van der Waals surface area contributed by atoms with E-state index in [0.717, 1.165) is 6.07 Å². The van der Waals surface area contributed by atoms with E-state index < -0.39 is 17.5 Å². The van der Waals surface area contributed by atoms with E-state index >= 15 is 0 Å². The Kier molecular flexibility index (Phi) is 3.13. The lowest BCUT2D eigenvalue weighted by Gasteiger charge is -2.15. The predicted molar refractivity (Wildman–Crippen MR) is 69.0 cm³/mol. The first-order chi connectivity index (χ1) is 9.20. The molecular weight excluding hydrogens is 273 g/mol. The van der Waals surface area contributed by atoms with E-state index in [2.05, 4.69) is 0 Å². The molecule has 0 fully saturated rings. The number of benzene rings is 2. The van der Waals surface area contributed by atoms with Gasteiger partial charge in [0.25, 0.3) is 0 Å². The molecule has 0 radical (unpaired) electrons. The van der Waals surface area contributed by atoms with Crippen LogP contribution in [0.25, 0.3) is 11.1 Å². The van der Waals surface area contributed by atoms with Crippen molar-refractivity contribution in [3.8, 4) is 22.6 Å². The fraction of sp³-hybridized carbons (Fsp3) is 0.0769. The van der Waals surface area contributed by atoms with E-state index in [0.29, 0.717) is 6.07 Å². The van der Waals surface area contributed by atoms with Crippen LogP contribution in [0.4, 0.5) is 24.5 Å². The maximum Gasteiger partial charge on any atom is 0.417 e. The highest BCUT2D eigenvalue weighted by molar-refractivity contribution is 5.77. The predicted octanol–water partition coefficient (Wildman–Crippen LogP) is 2.95. The van der Waals surface area contributed by atoms with Crippen molar-refractivity contribution in [1.82, 2.24) is 0 Å². The number of alkyl halides is 3. The summed E-state index contributed by atoms with van der Waals surface area (Å²) >= 11 is 0. The molecule has 2 aromatic carbocycles. The molecule has 0 saturated heterocycles. The number of halogens is 3. The van der Waals surface area contributed by atoms with Gasteiger partial charge in [-0.25, -0.2) is 0 Å². The molecule has 0 aliphatic carbocycles. The summed E-state index contributed by atoms with van der Waals surface area (Å²) in [6.45, 7) is 0. The average molecular weight is 284 g/mol. The third kappa shape index (κ3) is 2.42. The first kappa shape index (κ1) is 13.9. The number of nitrogen functional groups attached to an aromatic ring is 2. The number of hydrogen-bond acceptors (Lipinski definition) is 4. The van der Waals surface area contributed by atoms with Gasteiger partial charge >= 0.3 is 6.18 Å². The third-order valence-corrected chi connectivity index (χ3v) is 2.81. The van der Waals surface area contributed by atoms with Crippen molar-refractivity contribution in [3.63, 3.8) is 0 Å². The second kappa shape index (κ2) is 4.52. The average Bonchev–Trinajstić information content (AvgIpc) is 2.34. The first-order valence-electron chi connectivity index (χ1n) is 5.48. The lowest BCUT2D eigenvalue weighted by molar-refractivity contribution is -0.137. The van der Waals surface area contributed by atoms with Gasteiger partial charge in [0.15, 0.2) is 0 Å². The molecule has 0 unspecified atom stereocenters. The van der Waals surface area contributed by atoms with Crippen LogP contribution < -0.4 is 11.5 Å². The van der Waals surface area contributed by atoms with Crippen LogP contribution in [0.15, 0.2) is 30.3 Å². The Morgan fingerprint density at radius 2 is 1.45 bits per heavy atom. The molecule has 6 N–H and O–H groups in total. The third-order valence-electron chi connectivity index (χ3n) is 2.81. The number of nitrogens with two attached hydrogens (primary N) is 2. The van der Waals surface area contributed by atoms with Crippen LogP contribution in [0.5, 0.6) is 11.5 Å². The minimum absolute atomic E-state index is 0.0630. The molecule has 2 rings (SSSR count). The molecule has 0 heterocycles. The van der Waals surface area contributed by atoms with Crippen molar-refractivity contribution in [2.24, 2.45) is 0 Å². The summed E-state index contributed by atoms with van der Waals surface area (Å²) in [5.41, 5.74) is 9.20. The lowest BCUT2D eigenvalue weighted by Crippen LogP contribution is -2.08. The molecule has 2 aromatic rings. The Bertz CT molecular complexity index is 669. The Morgan fingerprint density at radius 3 is 2.00 bits per heavy atom. The van der Waals surface area contributed by atoms with E-state index in [1.807, 2.05) is 0 Å². The Morgan fingerprint density at radius 1 is 0.850 bits per heavy atom. The zero-order chi connectivity index (χ0) is 15.1. The van der Waals surface area contributed by atoms with Crippen LogP contribution in [0, 0.1) is 0 Å². The summed E-state index contributed by atoms with van der Waals surface area (Å²) in [7, 11) is 0. The monoisotopic (exact) mass is 284 g/mol. The summed E-state index contributed by atoms with van der Waals surface area (Å²) < 4.78 is 39.0. The normalized spacial score (nSPS) is 11.6. The van der Waals surface area contributed by atoms with Crippen molar-refractivity contribution in [1.29, 1.82) is 0 Å². The smallest absolute Gasteiger partial charge is 0.417 e. The summed E-state index contributed by atoms with van der Waals surface area (Å²) in [5, 5.41) is 18.8. The summed E-state index contributed by atoms with van der Waals surface area (Å²) in [5.74, 6) is -0.693. The van der Waals surface area contributed by atoms with Crippen LogP contribution in [-0.2, 0) is 6.18 Å². The van der Waals surface area contributed by atoms with Gasteiger partial charge in [-0.2, -0.15) is 13.2 Å². The minimum atomic E-state index is -4.64. The molecule has 0 bridgehead atoms. The van der Waals surface area contributed by atoms with Gasteiger partial charge in [0.2, 0.25) is 0 Å². The van der Waals surface area contributed by atoms with E-state index in [-0.39, 0.29) is 28.3 Å². The highest BCUT2D eigenvalue weighted by Crippen LogP contribution is 2.42. The van der Waals surface area contributed by atoms with Gasteiger partial charge in [0, 0.05) is 0 Å². The number of rotatable bonds is 1. The van der Waals surface area contributed by atoms with Crippen LogP contribution in [0.3, 0.4) is 0 Å². The van der Waals surface area contributed by atoms with Crippen molar-refractivity contribution in [3.05, 3.63) is 35.9 Å². The number of aromatic hydroxyl groups is 2. The van der Waals surface area contributed by atoms with Gasteiger partial charge in [-0.15, -0.1) is 0 Å². The molecule has 0 saturated carbocycles. The quantitative estimate of drug-likeness (QED) is 0.478. The second-order valence-corrected chi connectivity index (χ2v) is 4.23. The summed E-state index contributed by atoms with van der Waals surface area (Å²) in [6, 6.07) is 5.22. The Hall–Kier alpha value is -2.57. The Balaban J connectivity index is 2.72. The van der Waals surface area contributed by atoms with Gasteiger partial charge < -0.3 is 21.7 Å². The molecule has 0 spiro atoms. The van der Waals surface area contributed by atoms with Crippen LogP contribution in [0.1, 0.15) is 5.56 Å². The van der Waals surface area contributed by atoms with Gasteiger partial charge in [-0.05, 0) is 35.4 Å². The molecule has 7 heteroatoms. The van der Waals surface area contributed by atoms with E-state index in [4.69, 9.17) is 11.5 Å². The largest absolute Gasteiger partial charge is 0.506 e. The van der Waals surface area contributed by atoms with Gasteiger partial charge in [0.1, 0.15) is 11.5 Å². The van der Waals surface area contributed by atoms with Gasteiger partial charge in [0.05, 0.1) is 16.9 Å². The maximum absolute atomic E-state index is 13.0. The fourth-order valence-corrected chi connectivity index (χ4v) is 1.80. The Labute approximate surface area is 112 Å². The van der Waals surface area contributed by atoms with Crippen molar-refractivity contribution in [2.75, 3.05) is 11.5 Å². The molecular formula is C13H11F3N2O2. The summed E-state index contributed by atoms with van der Waals surface area (Å²) in [4.78, 5) is 0. The number of phenols is 2. The number of phenolic OH excluding ortho intramolecular Hbond substituents is 2. The molecule has 20 heavy (non-hydrogen) atoms. The van der Waals surface area contributed by atoms with Gasteiger partial charge in [-0.3, -0.25) is 0 Å². The zero-order valence-electron chi connectivity index (χ0n) is 10.1. The van der Waals surface area contributed by atoms with Gasteiger partial charge in [-0.1, -0.05) is 6.07 Å². The topological polar surface area (TPSA) is 92.5 Å². The molecule has 4 nitrogen and oxygen atoms in total. The molecule has 0 atom stereocenters. The minimum Gasteiger partial charge on any atom is -0.506 e. The molecule has 0 aromatic heterocycles. The first-order valence-corrected chi connectivity index (χ1v) is 5.48. The fourth-order valence-electron chi connectivity index (χ4n) is 1.80. The standard InChI is InChI=1S/C13H11F3N2O2/c14-13(15,16)8-5-10(18)12(20)4-7(8)6-1-2-11(19)9(17)3-6/h1-5,19-20H,17-18H2. The van der Waals surface area contributed by atoms with Crippen molar-refractivity contribution < 1.29 is 23.4 Å². The maximum atomic E-state index is 13.0. The van der Waals surface area contributed by atoms with Crippen molar-refractivity contribution in [2.45, 2.75) is 6.18 Å². The molecule has 0 aliphatic heterocycles. The molecule has 0 amide bonds. The lowest BCUT2D eigenvalue weighted by atomic mass is 9.97. The van der Waals surface area contributed by atoms with E-state index in [9.17, 15) is 23.4 Å². The van der Waals surface area contributed by atoms with Crippen molar-refractivity contribution >= 4 is 11.4 Å². The molecule has 106 valence electrons. The molecule has 0 aliphatic rings. The highest BCUT2D eigenvalue weighted by Gasteiger charge is 2.34. The zero-order valence-corrected chi connectivity index (χ0v) is 10.1. The van der Waals surface area contributed by atoms with Crippen LogP contribution >= 0.6 is 0 Å². The number of hydrogen-bond donors (Lipinski definition) is 4.